The second-order valence-electron chi connectivity index (χ2n) is 7.56. The second-order valence-corrected chi connectivity index (χ2v) is 7.56. The Morgan fingerprint density at radius 2 is 1.61 bits per heavy atom. The Morgan fingerprint density at radius 1 is 1.00 bits per heavy atom. The number of benzene rings is 1. The quantitative estimate of drug-likeness (QED) is 0.842. The summed E-state index contributed by atoms with van der Waals surface area (Å²) in [6, 6.07) is 9.72. The zero-order valence-electron chi connectivity index (χ0n) is 14.4. The molecular formula is C19H28N2O2. The second kappa shape index (κ2) is 7.62. The maximum Gasteiger partial charge on any atom is 0.309 e. The van der Waals surface area contributed by atoms with Gasteiger partial charge in [-0.05, 0) is 42.6 Å². The van der Waals surface area contributed by atoms with Crippen molar-refractivity contribution in [3.05, 3.63) is 35.9 Å². The first kappa shape index (κ1) is 17.5. The molecule has 1 aromatic rings. The van der Waals surface area contributed by atoms with Crippen LogP contribution in [0.3, 0.4) is 0 Å². The molecule has 0 aliphatic heterocycles. The molecule has 4 nitrogen and oxygen atoms in total. The fraction of sp³-hybridized carbons (Fsp3) is 0.579. The van der Waals surface area contributed by atoms with Gasteiger partial charge in [-0.15, -0.1) is 0 Å². The lowest BCUT2D eigenvalue weighted by atomic mass is 9.71. The minimum absolute atomic E-state index is 0.128. The van der Waals surface area contributed by atoms with Crippen LogP contribution >= 0.6 is 0 Å². The summed E-state index contributed by atoms with van der Waals surface area (Å²) in [5.41, 5.74) is 1.31. The van der Waals surface area contributed by atoms with Gasteiger partial charge in [-0.3, -0.25) is 9.59 Å². The van der Waals surface area contributed by atoms with E-state index in [1.165, 1.54) is 0 Å². The molecule has 2 amide bonds. The van der Waals surface area contributed by atoms with Crippen molar-refractivity contribution < 1.29 is 9.59 Å². The minimum Gasteiger partial charge on any atom is -0.345 e. The first-order chi connectivity index (χ1) is 10.9. The summed E-state index contributed by atoms with van der Waals surface area (Å²) in [6.45, 7) is 7.19. The van der Waals surface area contributed by atoms with E-state index in [9.17, 15) is 9.59 Å². The molecule has 1 saturated carbocycles. The zero-order chi connectivity index (χ0) is 16.9. The maximum atomic E-state index is 12.0. The van der Waals surface area contributed by atoms with E-state index in [2.05, 4.69) is 31.4 Å². The van der Waals surface area contributed by atoms with Gasteiger partial charge < -0.3 is 10.6 Å². The van der Waals surface area contributed by atoms with Crippen LogP contribution in [0.4, 0.5) is 0 Å². The van der Waals surface area contributed by atoms with Gasteiger partial charge in [0, 0.05) is 12.6 Å². The molecule has 0 bridgehead atoms. The first-order valence-electron chi connectivity index (χ1n) is 8.49. The zero-order valence-corrected chi connectivity index (χ0v) is 14.4. The van der Waals surface area contributed by atoms with Crippen LogP contribution in [0.1, 0.15) is 52.0 Å². The van der Waals surface area contributed by atoms with Crippen LogP contribution in [-0.4, -0.2) is 17.9 Å². The number of rotatable bonds is 3. The average Bonchev–Trinajstić information content (AvgIpc) is 2.53. The van der Waals surface area contributed by atoms with Gasteiger partial charge in [0.05, 0.1) is 0 Å². The maximum absolute atomic E-state index is 12.0. The van der Waals surface area contributed by atoms with Gasteiger partial charge in [0.1, 0.15) is 0 Å². The molecule has 4 heteroatoms. The number of amides is 2. The Kier molecular flexibility index (Phi) is 5.80. The molecular weight excluding hydrogens is 288 g/mol. The molecule has 1 fully saturated rings. The van der Waals surface area contributed by atoms with E-state index >= 15 is 0 Å². The summed E-state index contributed by atoms with van der Waals surface area (Å²) in [7, 11) is 0. The topological polar surface area (TPSA) is 58.2 Å². The molecule has 23 heavy (non-hydrogen) atoms. The Balaban J connectivity index is 1.73. The van der Waals surface area contributed by atoms with Crippen LogP contribution < -0.4 is 10.6 Å². The number of hydrogen-bond acceptors (Lipinski definition) is 2. The predicted molar refractivity (Wildman–Crippen MR) is 91.6 cm³/mol. The van der Waals surface area contributed by atoms with Crippen molar-refractivity contribution in [3.8, 4) is 0 Å². The molecule has 0 atom stereocenters. The fourth-order valence-electron chi connectivity index (χ4n) is 3.21. The standard InChI is InChI=1S/C19H28N2O2/c1-19(2,3)15-9-11-16(12-10-15)21-18(23)17(22)20-13-14-7-5-4-6-8-14/h4-8,15-16H,9-13H2,1-3H3,(H,20,22)(H,21,23). The van der Waals surface area contributed by atoms with Gasteiger partial charge in [0.15, 0.2) is 0 Å². The minimum atomic E-state index is -0.549. The number of nitrogens with one attached hydrogen (secondary N) is 2. The summed E-state index contributed by atoms with van der Waals surface area (Å²) in [4.78, 5) is 23.9. The summed E-state index contributed by atoms with van der Waals surface area (Å²) >= 11 is 0. The van der Waals surface area contributed by atoms with E-state index in [-0.39, 0.29) is 6.04 Å². The third kappa shape index (κ3) is 5.38. The molecule has 0 radical (unpaired) electrons. The molecule has 1 aromatic carbocycles. The predicted octanol–water partition coefficient (Wildman–Crippen LogP) is 3.02. The molecule has 2 rings (SSSR count). The van der Waals surface area contributed by atoms with Crippen molar-refractivity contribution in [2.24, 2.45) is 11.3 Å². The SMILES string of the molecule is CC(C)(C)C1CCC(NC(=O)C(=O)NCc2ccccc2)CC1. The molecule has 0 heterocycles. The van der Waals surface area contributed by atoms with Crippen molar-refractivity contribution in [3.63, 3.8) is 0 Å². The molecule has 1 aliphatic carbocycles. The monoisotopic (exact) mass is 316 g/mol. The van der Waals surface area contributed by atoms with Crippen LogP contribution in [0.5, 0.6) is 0 Å². The lowest BCUT2D eigenvalue weighted by Crippen LogP contribution is -2.46. The largest absolute Gasteiger partial charge is 0.345 e. The Hall–Kier alpha value is -1.84. The highest BCUT2D eigenvalue weighted by Crippen LogP contribution is 2.37. The van der Waals surface area contributed by atoms with E-state index in [4.69, 9.17) is 0 Å². The summed E-state index contributed by atoms with van der Waals surface area (Å²) in [5, 5.41) is 5.55. The van der Waals surface area contributed by atoms with Gasteiger partial charge in [-0.2, -0.15) is 0 Å². The van der Waals surface area contributed by atoms with Crippen molar-refractivity contribution in [2.75, 3.05) is 0 Å². The van der Waals surface area contributed by atoms with Gasteiger partial charge >= 0.3 is 11.8 Å². The van der Waals surface area contributed by atoms with E-state index in [1.54, 1.807) is 0 Å². The lowest BCUT2D eigenvalue weighted by Gasteiger charge is -2.37. The summed E-state index contributed by atoms with van der Waals surface area (Å²) in [5.74, 6) is -0.366. The van der Waals surface area contributed by atoms with Crippen LogP contribution in [0.15, 0.2) is 30.3 Å². The molecule has 2 N–H and O–H groups in total. The third-order valence-electron chi connectivity index (χ3n) is 4.79. The average molecular weight is 316 g/mol. The molecule has 0 unspecified atom stereocenters. The Bertz CT molecular complexity index is 526. The molecule has 0 spiro atoms. The molecule has 0 aromatic heterocycles. The third-order valence-corrected chi connectivity index (χ3v) is 4.79. The first-order valence-corrected chi connectivity index (χ1v) is 8.49. The van der Waals surface area contributed by atoms with Crippen LogP contribution in [0.25, 0.3) is 0 Å². The Morgan fingerprint density at radius 3 is 2.17 bits per heavy atom. The fourth-order valence-corrected chi connectivity index (χ4v) is 3.21. The van der Waals surface area contributed by atoms with E-state index in [0.29, 0.717) is 17.9 Å². The highest BCUT2D eigenvalue weighted by atomic mass is 16.2. The van der Waals surface area contributed by atoms with Gasteiger partial charge in [0.25, 0.3) is 0 Å². The molecule has 0 saturated heterocycles. The Labute approximate surface area is 139 Å². The highest BCUT2D eigenvalue weighted by molar-refractivity contribution is 6.35. The van der Waals surface area contributed by atoms with Crippen molar-refractivity contribution in [1.29, 1.82) is 0 Å². The van der Waals surface area contributed by atoms with Gasteiger partial charge in [-0.25, -0.2) is 0 Å². The van der Waals surface area contributed by atoms with Crippen LogP contribution in [0.2, 0.25) is 0 Å². The smallest absolute Gasteiger partial charge is 0.309 e. The van der Waals surface area contributed by atoms with E-state index in [1.807, 2.05) is 30.3 Å². The highest BCUT2D eigenvalue weighted by Gasteiger charge is 2.30. The molecule has 1 aliphatic rings. The van der Waals surface area contributed by atoms with Crippen molar-refractivity contribution in [1.82, 2.24) is 10.6 Å². The summed E-state index contributed by atoms with van der Waals surface area (Å²) < 4.78 is 0. The van der Waals surface area contributed by atoms with Crippen molar-refractivity contribution in [2.45, 2.75) is 59.0 Å². The summed E-state index contributed by atoms with van der Waals surface area (Å²) in [6.07, 6.45) is 4.14. The van der Waals surface area contributed by atoms with Gasteiger partial charge in [-0.1, -0.05) is 51.1 Å². The molecule has 126 valence electrons. The van der Waals surface area contributed by atoms with Crippen molar-refractivity contribution >= 4 is 11.8 Å². The van der Waals surface area contributed by atoms with E-state index in [0.717, 1.165) is 31.2 Å². The number of hydrogen-bond donors (Lipinski definition) is 2. The van der Waals surface area contributed by atoms with Crippen LogP contribution in [0, 0.1) is 11.3 Å². The normalized spacial score (nSPS) is 21.5. The van der Waals surface area contributed by atoms with E-state index < -0.39 is 11.8 Å². The van der Waals surface area contributed by atoms with Gasteiger partial charge in [0.2, 0.25) is 0 Å². The number of carbonyl (C=O) groups excluding carboxylic acids is 2. The number of carbonyl (C=O) groups is 2. The van der Waals surface area contributed by atoms with Crippen LogP contribution in [-0.2, 0) is 16.1 Å². The lowest BCUT2D eigenvalue weighted by molar-refractivity contribution is -0.139.